The van der Waals surface area contributed by atoms with E-state index in [1.807, 2.05) is 0 Å². The average molecular weight is 639 g/mol. The molecule has 2 unspecified atom stereocenters. The highest BCUT2D eigenvalue weighted by atomic mass is 32.2. The fourth-order valence-electron chi connectivity index (χ4n) is 4.76. The van der Waals surface area contributed by atoms with Crippen LogP contribution in [-0.4, -0.2) is 80.7 Å². The summed E-state index contributed by atoms with van der Waals surface area (Å²) in [5.41, 5.74) is 3.74. The predicted octanol–water partition coefficient (Wildman–Crippen LogP) is 2.77. The van der Waals surface area contributed by atoms with E-state index in [-0.39, 0.29) is 36.0 Å². The van der Waals surface area contributed by atoms with E-state index in [0.29, 0.717) is 23.5 Å². The molecule has 0 spiro atoms. The van der Waals surface area contributed by atoms with Crippen molar-refractivity contribution in [1.82, 2.24) is 19.1 Å². The van der Waals surface area contributed by atoms with E-state index in [2.05, 4.69) is 10.5 Å². The molecule has 226 valence electrons. The second-order valence-corrected chi connectivity index (χ2v) is 15.2. The van der Waals surface area contributed by atoms with E-state index in [0.717, 1.165) is 38.4 Å². The van der Waals surface area contributed by atoms with Crippen LogP contribution in [0, 0.1) is 5.82 Å². The van der Waals surface area contributed by atoms with Gasteiger partial charge in [0, 0.05) is 49.9 Å². The topological polar surface area (TPSA) is 135 Å². The standard InChI is InChI=1S/C27H31FN4O7S3/c28-22-6-4-21(5-7-22)24-8-9-26(40-24)42(36,37)32-16-15-31(41(34,35)18-12-20-10-13-29-14-11-20)19-23(32)27(33)30-39-25-3-1-2-17-38-25/h4-11,13-14,23,25H,1-3,12,15-19H2,(H,30,33). The van der Waals surface area contributed by atoms with Crippen LogP contribution >= 0.6 is 11.3 Å². The molecule has 2 aliphatic rings. The van der Waals surface area contributed by atoms with Crippen LogP contribution in [0.25, 0.3) is 10.4 Å². The lowest BCUT2D eigenvalue weighted by Crippen LogP contribution is -2.61. The monoisotopic (exact) mass is 638 g/mol. The summed E-state index contributed by atoms with van der Waals surface area (Å²) in [5.74, 6) is -1.42. The van der Waals surface area contributed by atoms with Crippen molar-refractivity contribution in [2.45, 2.75) is 42.2 Å². The molecular formula is C27H31FN4O7S3. The van der Waals surface area contributed by atoms with Gasteiger partial charge in [-0.1, -0.05) is 12.1 Å². The third kappa shape index (κ3) is 7.22. The van der Waals surface area contributed by atoms with Gasteiger partial charge in [-0.25, -0.2) is 31.5 Å². The summed E-state index contributed by atoms with van der Waals surface area (Å²) in [6, 6.07) is 10.8. The van der Waals surface area contributed by atoms with Gasteiger partial charge in [-0.3, -0.25) is 9.78 Å². The van der Waals surface area contributed by atoms with E-state index >= 15 is 0 Å². The predicted molar refractivity (Wildman–Crippen MR) is 154 cm³/mol. The molecule has 1 N–H and O–H groups in total. The van der Waals surface area contributed by atoms with Crippen LogP contribution in [0.15, 0.2) is 65.1 Å². The molecule has 2 atom stereocenters. The molecule has 1 amide bonds. The Labute approximate surface area is 248 Å². The fourth-order valence-corrected chi connectivity index (χ4v) is 9.25. The zero-order chi connectivity index (χ0) is 29.7. The maximum Gasteiger partial charge on any atom is 0.263 e. The number of piperazine rings is 1. The number of hydroxylamine groups is 1. The number of aromatic nitrogens is 1. The number of hydrogen-bond donors (Lipinski definition) is 1. The number of rotatable bonds is 10. The summed E-state index contributed by atoms with van der Waals surface area (Å²) < 4.78 is 75.2. The number of hydrogen-bond acceptors (Lipinski definition) is 9. The van der Waals surface area contributed by atoms with E-state index < -0.39 is 44.1 Å². The minimum atomic E-state index is -4.22. The summed E-state index contributed by atoms with van der Waals surface area (Å²) in [6.07, 6.45) is 5.00. The van der Waals surface area contributed by atoms with Gasteiger partial charge in [0.15, 0.2) is 6.29 Å². The molecule has 11 nitrogen and oxygen atoms in total. The molecule has 2 saturated heterocycles. The van der Waals surface area contributed by atoms with Crippen molar-refractivity contribution in [3.05, 3.63) is 72.3 Å². The lowest BCUT2D eigenvalue weighted by Gasteiger charge is -2.38. The molecule has 42 heavy (non-hydrogen) atoms. The van der Waals surface area contributed by atoms with Crippen molar-refractivity contribution < 1.29 is 35.6 Å². The molecule has 0 saturated carbocycles. The molecule has 2 fully saturated rings. The summed E-state index contributed by atoms with van der Waals surface area (Å²) in [4.78, 5) is 23.3. The molecule has 4 heterocycles. The molecule has 0 aliphatic carbocycles. The van der Waals surface area contributed by atoms with Crippen LogP contribution in [0.2, 0.25) is 0 Å². The number of pyridine rings is 1. The Morgan fingerprint density at radius 1 is 1.05 bits per heavy atom. The van der Waals surface area contributed by atoms with Crippen LogP contribution in [0.1, 0.15) is 24.8 Å². The largest absolute Gasteiger partial charge is 0.350 e. The number of carbonyl (C=O) groups is 1. The summed E-state index contributed by atoms with van der Waals surface area (Å²) in [5, 5.41) is 0. The second-order valence-electron chi connectivity index (χ2n) is 9.92. The third-order valence-electron chi connectivity index (χ3n) is 7.09. The van der Waals surface area contributed by atoms with Crippen LogP contribution in [0.3, 0.4) is 0 Å². The Morgan fingerprint density at radius 3 is 2.52 bits per heavy atom. The number of nitrogens with zero attached hydrogens (tertiary/aromatic N) is 3. The summed E-state index contributed by atoms with van der Waals surface area (Å²) >= 11 is 0.982. The molecule has 3 aromatic rings. The first-order valence-corrected chi connectivity index (χ1v) is 17.3. The average Bonchev–Trinajstić information content (AvgIpc) is 3.51. The quantitative estimate of drug-likeness (QED) is 0.335. The number of aryl methyl sites for hydroxylation is 1. The van der Waals surface area contributed by atoms with Gasteiger partial charge in [-0.05, 0) is 66.8 Å². The number of carbonyl (C=O) groups excluding carboxylic acids is 1. The van der Waals surface area contributed by atoms with E-state index in [1.54, 1.807) is 42.7 Å². The maximum atomic E-state index is 13.8. The van der Waals surface area contributed by atoms with Crippen molar-refractivity contribution in [3.63, 3.8) is 0 Å². The van der Waals surface area contributed by atoms with Gasteiger partial charge in [0.2, 0.25) is 10.0 Å². The Kier molecular flexibility index (Phi) is 9.67. The molecule has 5 rings (SSSR count). The maximum absolute atomic E-state index is 13.8. The molecule has 1 aromatic carbocycles. The normalized spacial score (nSPS) is 20.8. The zero-order valence-electron chi connectivity index (χ0n) is 22.6. The molecular weight excluding hydrogens is 608 g/mol. The molecule has 15 heteroatoms. The second kappa shape index (κ2) is 13.2. The Bertz CT molecular complexity index is 1580. The number of ether oxygens (including phenoxy) is 1. The van der Waals surface area contributed by atoms with Gasteiger partial charge in [-0.2, -0.15) is 8.61 Å². The fraction of sp³-hybridized carbons (Fsp3) is 0.407. The smallest absolute Gasteiger partial charge is 0.263 e. The van der Waals surface area contributed by atoms with Gasteiger partial charge in [0.05, 0.1) is 5.75 Å². The van der Waals surface area contributed by atoms with Crippen molar-refractivity contribution in [1.29, 1.82) is 0 Å². The Morgan fingerprint density at radius 2 is 1.81 bits per heavy atom. The minimum absolute atomic E-state index is 0.0230. The number of amides is 1. The summed E-state index contributed by atoms with van der Waals surface area (Å²) in [6.45, 7) is -0.263. The van der Waals surface area contributed by atoms with Crippen molar-refractivity contribution in [3.8, 4) is 10.4 Å². The van der Waals surface area contributed by atoms with Gasteiger partial charge in [-0.15, -0.1) is 11.3 Å². The van der Waals surface area contributed by atoms with Crippen molar-refractivity contribution in [2.75, 3.05) is 32.0 Å². The lowest BCUT2D eigenvalue weighted by molar-refractivity contribution is -0.202. The Hall–Kier alpha value is -2.79. The van der Waals surface area contributed by atoms with E-state index in [9.17, 15) is 26.0 Å². The SMILES string of the molecule is O=C(NOC1CCCCO1)C1CN(S(=O)(=O)CCc2ccncc2)CCN1S(=O)(=O)c1ccc(-c2ccc(F)cc2)s1. The van der Waals surface area contributed by atoms with Crippen LogP contribution < -0.4 is 5.48 Å². The van der Waals surface area contributed by atoms with Crippen molar-refractivity contribution in [2.24, 2.45) is 0 Å². The minimum Gasteiger partial charge on any atom is -0.350 e. The Balaban J connectivity index is 1.36. The first-order chi connectivity index (χ1) is 20.1. The first kappa shape index (κ1) is 30.7. The van der Waals surface area contributed by atoms with Crippen LogP contribution in [0.5, 0.6) is 0 Å². The molecule has 0 radical (unpaired) electrons. The number of thiophene rings is 1. The van der Waals surface area contributed by atoms with Crippen LogP contribution in [0.4, 0.5) is 4.39 Å². The number of sulfonamides is 2. The van der Waals surface area contributed by atoms with Crippen LogP contribution in [-0.2, 0) is 40.8 Å². The highest BCUT2D eigenvalue weighted by molar-refractivity contribution is 7.91. The van der Waals surface area contributed by atoms with E-state index in [4.69, 9.17) is 9.57 Å². The number of nitrogens with one attached hydrogen (secondary N) is 1. The lowest BCUT2D eigenvalue weighted by atomic mass is 10.2. The van der Waals surface area contributed by atoms with Gasteiger partial charge in [0.1, 0.15) is 16.1 Å². The first-order valence-electron chi connectivity index (χ1n) is 13.4. The highest BCUT2D eigenvalue weighted by Crippen LogP contribution is 2.34. The zero-order valence-corrected chi connectivity index (χ0v) is 25.0. The number of benzene rings is 1. The van der Waals surface area contributed by atoms with Crippen molar-refractivity contribution >= 4 is 37.3 Å². The van der Waals surface area contributed by atoms with E-state index in [1.165, 1.54) is 18.2 Å². The third-order valence-corrected chi connectivity index (χ3v) is 12.4. The molecule has 2 aromatic heterocycles. The van der Waals surface area contributed by atoms with Gasteiger partial charge < -0.3 is 4.74 Å². The summed E-state index contributed by atoms with van der Waals surface area (Å²) in [7, 11) is -8.05. The van der Waals surface area contributed by atoms with Gasteiger partial charge >= 0.3 is 0 Å². The molecule has 2 aliphatic heterocycles. The number of halogens is 1. The highest BCUT2D eigenvalue weighted by Gasteiger charge is 2.44. The molecule has 0 bridgehead atoms. The van der Waals surface area contributed by atoms with Gasteiger partial charge in [0.25, 0.3) is 15.9 Å².